The molecule has 2 aromatic rings. The SMILES string of the molecule is CNc1nc(Cc2cc(C)ccc2C)c(Br)s1. The largest absolute Gasteiger partial charge is 0.365 e. The molecule has 0 saturated carbocycles. The number of nitrogens with zero attached hydrogens (tertiary/aromatic N) is 1. The lowest BCUT2D eigenvalue weighted by molar-refractivity contribution is 1.07. The smallest absolute Gasteiger partial charge is 0.183 e. The molecule has 1 aromatic heterocycles. The minimum Gasteiger partial charge on any atom is -0.365 e. The number of anilines is 1. The summed E-state index contributed by atoms with van der Waals surface area (Å²) in [5.41, 5.74) is 5.07. The molecule has 0 amide bonds. The second-order valence-corrected chi connectivity index (χ2v) is 6.41. The van der Waals surface area contributed by atoms with Crippen LogP contribution in [0.4, 0.5) is 5.13 Å². The van der Waals surface area contributed by atoms with Gasteiger partial charge in [-0.15, -0.1) is 0 Å². The van der Waals surface area contributed by atoms with Gasteiger partial charge in [-0.25, -0.2) is 4.98 Å². The number of benzene rings is 1. The van der Waals surface area contributed by atoms with Gasteiger partial charge in [-0.1, -0.05) is 35.1 Å². The molecule has 4 heteroatoms. The van der Waals surface area contributed by atoms with Gasteiger partial charge in [0.15, 0.2) is 5.13 Å². The van der Waals surface area contributed by atoms with Gasteiger partial charge in [0, 0.05) is 13.5 Å². The maximum atomic E-state index is 4.55. The van der Waals surface area contributed by atoms with Gasteiger partial charge < -0.3 is 5.32 Å². The highest BCUT2D eigenvalue weighted by Gasteiger charge is 2.10. The molecule has 1 aromatic carbocycles. The Morgan fingerprint density at radius 3 is 2.76 bits per heavy atom. The van der Waals surface area contributed by atoms with E-state index in [4.69, 9.17) is 0 Å². The van der Waals surface area contributed by atoms with Crippen LogP contribution in [0.5, 0.6) is 0 Å². The van der Waals surface area contributed by atoms with Crippen molar-refractivity contribution in [2.75, 3.05) is 12.4 Å². The van der Waals surface area contributed by atoms with Crippen LogP contribution < -0.4 is 5.32 Å². The first kappa shape index (κ1) is 12.6. The van der Waals surface area contributed by atoms with E-state index in [9.17, 15) is 0 Å². The van der Waals surface area contributed by atoms with E-state index in [-0.39, 0.29) is 0 Å². The fraction of sp³-hybridized carbons (Fsp3) is 0.308. The zero-order valence-electron chi connectivity index (χ0n) is 10.2. The lowest BCUT2D eigenvalue weighted by atomic mass is 10.0. The van der Waals surface area contributed by atoms with Crippen molar-refractivity contribution >= 4 is 32.4 Å². The van der Waals surface area contributed by atoms with Crippen molar-refractivity contribution in [1.82, 2.24) is 4.98 Å². The highest BCUT2D eigenvalue weighted by atomic mass is 79.9. The quantitative estimate of drug-likeness (QED) is 0.921. The summed E-state index contributed by atoms with van der Waals surface area (Å²) < 4.78 is 1.11. The molecule has 0 spiro atoms. The molecular formula is C13H15BrN2S. The Morgan fingerprint density at radius 2 is 2.12 bits per heavy atom. The Balaban J connectivity index is 2.30. The predicted molar refractivity (Wildman–Crippen MR) is 78.1 cm³/mol. The first-order valence-electron chi connectivity index (χ1n) is 5.49. The van der Waals surface area contributed by atoms with Gasteiger partial charge in [0.05, 0.1) is 9.48 Å². The molecule has 1 heterocycles. The Hall–Kier alpha value is -0.870. The third kappa shape index (κ3) is 2.87. The summed E-state index contributed by atoms with van der Waals surface area (Å²) in [6.45, 7) is 4.27. The lowest BCUT2D eigenvalue weighted by Gasteiger charge is -2.05. The molecular weight excluding hydrogens is 296 g/mol. The van der Waals surface area contributed by atoms with E-state index in [0.717, 1.165) is 21.0 Å². The van der Waals surface area contributed by atoms with E-state index in [1.54, 1.807) is 11.3 Å². The molecule has 0 fully saturated rings. The van der Waals surface area contributed by atoms with E-state index in [1.807, 2.05) is 7.05 Å². The van der Waals surface area contributed by atoms with Crippen molar-refractivity contribution < 1.29 is 0 Å². The van der Waals surface area contributed by atoms with Gasteiger partial charge in [-0.3, -0.25) is 0 Å². The van der Waals surface area contributed by atoms with Gasteiger partial charge in [0.25, 0.3) is 0 Å². The first-order valence-corrected chi connectivity index (χ1v) is 7.10. The molecule has 1 N–H and O–H groups in total. The van der Waals surface area contributed by atoms with Crippen LogP contribution in [0.2, 0.25) is 0 Å². The molecule has 2 nitrogen and oxygen atoms in total. The predicted octanol–water partition coefficient (Wildman–Crippen LogP) is 4.15. The molecule has 2 rings (SSSR count). The van der Waals surface area contributed by atoms with Crippen molar-refractivity contribution in [2.24, 2.45) is 0 Å². The number of thiazole rings is 1. The third-order valence-corrected chi connectivity index (χ3v) is 4.57. The van der Waals surface area contributed by atoms with Crippen LogP contribution >= 0.6 is 27.3 Å². The second-order valence-electron chi connectivity index (χ2n) is 4.10. The average molecular weight is 311 g/mol. The number of rotatable bonds is 3. The van der Waals surface area contributed by atoms with Crippen molar-refractivity contribution in [3.05, 3.63) is 44.4 Å². The fourth-order valence-electron chi connectivity index (χ4n) is 1.72. The van der Waals surface area contributed by atoms with Crippen LogP contribution in [0.1, 0.15) is 22.4 Å². The van der Waals surface area contributed by atoms with Crippen LogP contribution in [0.25, 0.3) is 0 Å². The molecule has 0 radical (unpaired) electrons. The van der Waals surface area contributed by atoms with Crippen LogP contribution in [0.3, 0.4) is 0 Å². The molecule has 0 unspecified atom stereocenters. The minimum absolute atomic E-state index is 0.881. The van der Waals surface area contributed by atoms with E-state index in [2.05, 4.69) is 58.3 Å². The standard InChI is InChI=1S/C13H15BrN2S/c1-8-4-5-9(2)10(6-8)7-11-12(14)17-13(15-3)16-11/h4-6H,7H2,1-3H3,(H,15,16). The molecule has 17 heavy (non-hydrogen) atoms. The van der Waals surface area contributed by atoms with Crippen molar-refractivity contribution in [1.29, 1.82) is 0 Å². The lowest BCUT2D eigenvalue weighted by Crippen LogP contribution is -1.94. The van der Waals surface area contributed by atoms with E-state index in [0.29, 0.717) is 0 Å². The Labute approximate surface area is 114 Å². The summed E-state index contributed by atoms with van der Waals surface area (Å²) in [7, 11) is 1.90. The van der Waals surface area contributed by atoms with Crippen LogP contribution in [0.15, 0.2) is 22.0 Å². The van der Waals surface area contributed by atoms with Crippen LogP contribution in [-0.4, -0.2) is 12.0 Å². The average Bonchev–Trinajstić information content (AvgIpc) is 2.65. The Kier molecular flexibility index (Phi) is 3.84. The van der Waals surface area contributed by atoms with Crippen molar-refractivity contribution in [3.8, 4) is 0 Å². The van der Waals surface area contributed by atoms with Gasteiger partial charge in [0.1, 0.15) is 0 Å². The van der Waals surface area contributed by atoms with Crippen molar-refractivity contribution in [3.63, 3.8) is 0 Å². The number of aryl methyl sites for hydroxylation is 2. The molecule has 0 saturated heterocycles. The molecule has 0 aliphatic carbocycles. The van der Waals surface area contributed by atoms with Gasteiger partial charge in [-0.05, 0) is 40.9 Å². The maximum absolute atomic E-state index is 4.55. The molecule has 0 atom stereocenters. The number of halogens is 1. The van der Waals surface area contributed by atoms with E-state index in [1.165, 1.54) is 16.7 Å². The van der Waals surface area contributed by atoms with Crippen LogP contribution in [-0.2, 0) is 6.42 Å². The van der Waals surface area contributed by atoms with Crippen LogP contribution in [0, 0.1) is 13.8 Å². The van der Waals surface area contributed by atoms with Gasteiger partial charge >= 0.3 is 0 Å². The number of nitrogens with one attached hydrogen (secondary N) is 1. The molecule has 0 aliphatic rings. The maximum Gasteiger partial charge on any atom is 0.183 e. The fourth-order valence-corrected chi connectivity index (χ4v) is 3.07. The normalized spacial score (nSPS) is 10.6. The molecule has 0 bridgehead atoms. The zero-order chi connectivity index (χ0) is 12.4. The topological polar surface area (TPSA) is 24.9 Å². The number of hydrogen-bond acceptors (Lipinski definition) is 3. The highest BCUT2D eigenvalue weighted by Crippen LogP contribution is 2.30. The Bertz CT molecular complexity index is 534. The zero-order valence-corrected chi connectivity index (χ0v) is 12.6. The summed E-state index contributed by atoms with van der Waals surface area (Å²) in [5.74, 6) is 0. The van der Waals surface area contributed by atoms with Crippen molar-refractivity contribution in [2.45, 2.75) is 20.3 Å². The monoisotopic (exact) mass is 310 g/mol. The first-order chi connectivity index (χ1) is 8.10. The summed E-state index contributed by atoms with van der Waals surface area (Å²) in [6.07, 6.45) is 0.881. The Morgan fingerprint density at radius 1 is 1.35 bits per heavy atom. The third-order valence-electron chi connectivity index (χ3n) is 2.73. The van der Waals surface area contributed by atoms with Gasteiger partial charge in [-0.2, -0.15) is 0 Å². The summed E-state index contributed by atoms with van der Waals surface area (Å²) >= 11 is 5.21. The summed E-state index contributed by atoms with van der Waals surface area (Å²) in [6, 6.07) is 6.55. The minimum atomic E-state index is 0.881. The van der Waals surface area contributed by atoms with E-state index < -0.39 is 0 Å². The molecule has 90 valence electrons. The van der Waals surface area contributed by atoms with E-state index >= 15 is 0 Å². The summed E-state index contributed by atoms with van der Waals surface area (Å²) in [4.78, 5) is 4.55. The number of aromatic nitrogens is 1. The second kappa shape index (κ2) is 5.19. The highest BCUT2D eigenvalue weighted by molar-refractivity contribution is 9.11. The van der Waals surface area contributed by atoms with Gasteiger partial charge in [0.2, 0.25) is 0 Å². The molecule has 0 aliphatic heterocycles. The summed E-state index contributed by atoms with van der Waals surface area (Å²) in [5, 5.41) is 4.03. The number of hydrogen-bond donors (Lipinski definition) is 1.